The van der Waals surface area contributed by atoms with Crippen molar-refractivity contribution < 1.29 is 17.6 Å². The molecule has 0 bridgehead atoms. The summed E-state index contributed by atoms with van der Waals surface area (Å²) in [4.78, 5) is 14.4. The van der Waals surface area contributed by atoms with Crippen LogP contribution in [-0.2, 0) is 21.4 Å². The van der Waals surface area contributed by atoms with Crippen LogP contribution in [0.2, 0.25) is 0 Å². The van der Waals surface area contributed by atoms with E-state index in [2.05, 4.69) is 11.2 Å². The van der Waals surface area contributed by atoms with Crippen LogP contribution in [0.4, 0.5) is 10.1 Å². The number of carbonyl (C=O) groups excluding carboxylic acids is 1. The van der Waals surface area contributed by atoms with Crippen LogP contribution in [0.5, 0.6) is 0 Å². The van der Waals surface area contributed by atoms with Crippen molar-refractivity contribution in [1.29, 1.82) is 0 Å². The Bertz CT molecular complexity index is 997. The third-order valence-corrected chi connectivity index (χ3v) is 6.51. The van der Waals surface area contributed by atoms with Gasteiger partial charge in [0.25, 0.3) is 0 Å². The molecule has 6 nitrogen and oxygen atoms in total. The van der Waals surface area contributed by atoms with Gasteiger partial charge in [-0.2, -0.15) is 4.31 Å². The maximum atomic E-state index is 13.1. The topological polar surface area (TPSA) is 69.7 Å². The third-order valence-electron chi connectivity index (χ3n) is 4.46. The maximum Gasteiger partial charge on any atom is 0.243 e. The van der Waals surface area contributed by atoms with Gasteiger partial charge < -0.3 is 5.32 Å². The molecule has 0 saturated carbocycles. The summed E-state index contributed by atoms with van der Waals surface area (Å²) in [5.41, 5.74) is 1.21. The van der Waals surface area contributed by atoms with Crippen molar-refractivity contribution in [2.75, 3.05) is 31.5 Å². The van der Waals surface area contributed by atoms with Crippen LogP contribution < -0.4 is 5.32 Å². The van der Waals surface area contributed by atoms with Crippen molar-refractivity contribution in [2.24, 2.45) is 0 Å². The zero-order valence-electron chi connectivity index (χ0n) is 17.1. The van der Waals surface area contributed by atoms with Gasteiger partial charge in [-0.15, -0.1) is 6.42 Å². The van der Waals surface area contributed by atoms with E-state index in [0.717, 1.165) is 5.56 Å². The van der Waals surface area contributed by atoms with Crippen LogP contribution in [0.15, 0.2) is 53.4 Å². The molecule has 0 aliphatic carbocycles. The Kier molecular flexibility index (Phi) is 8.54. The number of amides is 1. The second kappa shape index (κ2) is 10.9. The molecule has 0 unspecified atom stereocenters. The summed E-state index contributed by atoms with van der Waals surface area (Å²) in [5, 5.41) is 2.72. The van der Waals surface area contributed by atoms with Crippen molar-refractivity contribution in [2.45, 2.75) is 25.3 Å². The number of anilines is 1. The highest BCUT2D eigenvalue weighted by Crippen LogP contribution is 2.19. The molecular formula is C22H26FN3O3S. The molecule has 2 rings (SSSR count). The lowest BCUT2D eigenvalue weighted by Crippen LogP contribution is -2.33. The number of rotatable bonds is 10. The average molecular weight is 432 g/mol. The minimum absolute atomic E-state index is 0.00853. The van der Waals surface area contributed by atoms with E-state index in [0.29, 0.717) is 25.3 Å². The molecule has 0 saturated heterocycles. The summed E-state index contributed by atoms with van der Waals surface area (Å²) < 4.78 is 39.8. The molecule has 8 heteroatoms. The molecule has 0 heterocycles. The van der Waals surface area contributed by atoms with E-state index in [4.69, 9.17) is 6.42 Å². The summed E-state index contributed by atoms with van der Waals surface area (Å²) in [6.45, 7) is 4.89. The largest absolute Gasteiger partial charge is 0.325 e. The van der Waals surface area contributed by atoms with E-state index in [1.54, 1.807) is 43.0 Å². The first kappa shape index (κ1) is 23.5. The lowest BCUT2D eigenvalue weighted by atomic mass is 10.2. The van der Waals surface area contributed by atoms with E-state index in [1.807, 2.05) is 0 Å². The summed E-state index contributed by atoms with van der Waals surface area (Å²) >= 11 is 0. The van der Waals surface area contributed by atoms with E-state index in [-0.39, 0.29) is 29.7 Å². The highest BCUT2D eigenvalue weighted by Gasteiger charge is 2.22. The molecule has 2 aromatic carbocycles. The van der Waals surface area contributed by atoms with E-state index < -0.39 is 10.0 Å². The zero-order valence-corrected chi connectivity index (χ0v) is 18.0. The second-order valence-corrected chi connectivity index (χ2v) is 8.58. The Morgan fingerprint density at radius 2 is 1.80 bits per heavy atom. The van der Waals surface area contributed by atoms with Gasteiger partial charge in [0.2, 0.25) is 15.9 Å². The van der Waals surface area contributed by atoms with Gasteiger partial charge in [0.1, 0.15) is 5.82 Å². The number of halogens is 1. The van der Waals surface area contributed by atoms with Crippen molar-refractivity contribution in [3.8, 4) is 12.3 Å². The van der Waals surface area contributed by atoms with Crippen LogP contribution in [-0.4, -0.2) is 49.7 Å². The highest BCUT2D eigenvalue weighted by atomic mass is 32.2. The van der Waals surface area contributed by atoms with Crippen LogP contribution in [0, 0.1) is 18.2 Å². The second-order valence-electron chi connectivity index (χ2n) is 6.64. The van der Waals surface area contributed by atoms with Gasteiger partial charge in [-0.25, -0.2) is 12.8 Å². The number of nitrogens with zero attached hydrogens (tertiary/aromatic N) is 2. The Balaban J connectivity index is 2.09. The fourth-order valence-corrected chi connectivity index (χ4v) is 4.50. The van der Waals surface area contributed by atoms with Crippen LogP contribution >= 0.6 is 0 Å². The average Bonchev–Trinajstić information content (AvgIpc) is 2.70. The number of carbonyl (C=O) groups is 1. The van der Waals surface area contributed by atoms with Gasteiger partial charge in [0.05, 0.1) is 18.0 Å². The normalized spacial score (nSPS) is 11.5. The summed E-state index contributed by atoms with van der Waals surface area (Å²) in [6.07, 6.45) is 5.40. The first-order valence-corrected chi connectivity index (χ1v) is 11.0. The Morgan fingerprint density at radius 1 is 1.13 bits per heavy atom. The molecule has 1 amide bonds. The monoisotopic (exact) mass is 431 g/mol. The van der Waals surface area contributed by atoms with Crippen molar-refractivity contribution >= 4 is 21.6 Å². The molecule has 0 aromatic heterocycles. The summed E-state index contributed by atoms with van der Waals surface area (Å²) in [7, 11) is -3.62. The molecule has 0 aliphatic heterocycles. The number of benzene rings is 2. The molecule has 0 atom stereocenters. The molecule has 160 valence electrons. The minimum Gasteiger partial charge on any atom is -0.325 e. The first-order chi connectivity index (χ1) is 14.3. The van der Waals surface area contributed by atoms with Gasteiger partial charge >= 0.3 is 0 Å². The number of hydrogen-bond donors (Lipinski definition) is 1. The molecule has 1 N–H and O–H groups in total. The Hall–Kier alpha value is -2.73. The van der Waals surface area contributed by atoms with Crippen molar-refractivity contribution in [3.05, 3.63) is 59.9 Å². The molecular weight excluding hydrogens is 405 g/mol. The first-order valence-electron chi connectivity index (χ1n) is 9.60. The zero-order chi connectivity index (χ0) is 22.1. The molecule has 0 radical (unpaired) electrons. The SMILES string of the molecule is C#CCN(CC(=O)Nc1cccc(S(=O)(=O)N(CC)CC)c1)Cc1ccc(F)cc1. The Morgan fingerprint density at radius 3 is 2.40 bits per heavy atom. The standard InChI is InChI=1S/C22H26FN3O3S/c1-4-14-25(16-18-10-12-19(23)13-11-18)17-22(27)24-20-8-7-9-21(15-20)30(28,29)26(5-2)6-3/h1,7-13,15H,5-6,14,16-17H2,2-3H3,(H,24,27). The van der Waals surface area contributed by atoms with Crippen LogP contribution in [0.3, 0.4) is 0 Å². The molecule has 0 spiro atoms. The lowest BCUT2D eigenvalue weighted by Gasteiger charge is -2.20. The predicted molar refractivity (Wildman–Crippen MR) is 116 cm³/mol. The number of terminal acetylenes is 1. The van der Waals surface area contributed by atoms with Crippen molar-refractivity contribution in [1.82, 2.24) is 9.21 Å². The fraction of sp³-hybridized carbons (Fsp3) is 0.318. The number of sulfonamides is 1. The molecule has 0 aliphatic rings. The smallest absolute Gasteiger partial charge is 0.243 e. The van der Waals surface area contributed by atoms with E-state index in [9.17, 15) is 17.6 Å². The lowest BCUT2D eigenvalue weighted by molar-refractivity contribution is -0.117. The maximum absolute atomic E-state index is 13.1. The molecule has 0 fully saturated rings. The van der Waals surface area contributed by atoms with Crippen molar-refractivity contribution in [3.63, 3.8) is 0 Å². The molecule has 2 aromatic rings. The minimum atomic E-state index is -3.62. The Labute approximate surface area is 177 Å². The van der Waals surface area contributed by atoms with Gasteiger partial charge in [-0.05, 0) is 35.9 Å². The van der Waals surface area contributed by atoms with Gasteiger partial charge in [0, 0.05) is 25.3 Å². The molecule has 30 heavy (non-hydrogen) atoms. The number of hydrogen-bond acceptors (Lipinski definition) is 4. The fourth-order valence-electron chi connectivity index (χ4n) is 3.00. The van der Waals surface area contributed by atoms with Crippen LogP contribution in [0.1, 0.15) is 19.4 Å². The third kappa shape index (κ3) is 6.39. The number of nitrogens with one attached hydrogen (secondary N) is 1. The quantitative estimate of drug-likeness (QED) is 0.588. The highest BCUT2D eigenvalue weighted by molar-refractivity contribution is 7.89. The van der Waals surface area contributed by atoms with Gasteiger partial charge in [-0.3, -0.25) is 9.69 Å². The van der Waals surface area contributed by atoms with E-state index in [1.165, 1.54) is 28.6 Å². The van der Waals surface area contributed by atoms with Gasteiger partial charge in [0.15, 0.2) is 0 Å². The summed E-state index contributed by atoms with van der Waals surface area (Å²) in [5.74, 6) is 1.85. The summed E-state index contributed by atoms with van der Waals surface area (Å²) in [6, 6.07) is 12.1. The van der Waals surface area contributed by atoms with E-state index >= 15 is 0 Å². The van der Waals surface area contributed by atoms with Crippen LogP contribution in [0.25, 0.3) is 0 Å². The predicted octanol–water partition coefficient (Wildman–Crippen LogP) is 2.93. The van der Waals surface area contributed by atoms with Gasteiger partial charge in [-0.1, -0.05) is 38.0 Å².